The first-order chi connectivity index (χ1) is 11.0. The van der Waals surface area contributed by atoms with Gasteiger partial charge in [0.25, 0.3) is 5.91 Å². The number of hydrogen-bond donors (Lipinski definition) is 1. The Labute approximate surface area is 145 Å². The van der Waals surface area contributed by atoms with E-state index in [4.69, 9.17) is 0 Å². The van der Waals surface area contributed by atoms with Crippen LogP contribution >= 0.6 is 23.1 Å². The monoisotopic (exact) mass is 350 g/mol. The quantitative estimate of drug-likeness (QED) is 0.773. The average molecular weight is 351 g/mol. The highest BCUT2D eigenvalue weighted by atomic mass is 32.2. The van der Waals surface area contributed by atoms with Crippen molar-refractivity contribution < 1.29 is 4.79 Å². The molecule has 0 bridgehead atoms. The maximum absolute atomic E-state index is 11.8. The highest BCUT2D eigenvalue weighted by Gasteiger charge is 2.08. The summed E-state index contributed by atoms with van der Waals surface area (Å²) in [6, 6.07) is 7.72. The van der Waals surface area contributed by atoms with Crippen molar-refractivity contribution in [3.05, 3.63) is 35.4 Å². The highest BCUT2D eigenvalue weighted by molar-refractivity contribution is 8.00. The number of carbonyl (C=O) groups is 1. The number of carbonyl (C=O) groups excluding carboxylic acids is 1. The Morgan fingerprint density at radius 3 is 2.57 bits per heavy atom. The molecule has 0 aliphatic carbocycles. The normalized spacial score (nSPS) is 10.8. The lowest BCUT2D eigenvalue weighted by Crippen LogP contribution is -2.21. The van der Waals surface area contributed by atoms with Crippen molar-refractivity contribution in [2.24, 2.45) is 5.92 Å². The third-order valence-electron chi connectivity index (χ3n) is 3.04. The van der Waals surface area contributed by atoms with Crippen LogP contribution in [0.15, 0.2) is 28.6 Å². The van der Waals surface area contributed by atoms with Gasteiger partial charge in [0.15, 0.2) is 4.34 Å². The fourth-order valence-electron chi connectivity index (χ4n) is 1.78. The van der Waals surface area contributed by atoms with E-state index in [1.54, 1.807) is 42.1 Å². The van der Waals surface area contributed by atoms with Gasteiger partial charge in [-0.25, -0.2) is 0 Å². The maximum Gasteiger partial charge on any atom is 0.253 e. The standard InChI is InChI=1S/C16H22N4OS2/c1-11(2)9-17-15-18-19-16(23-15)22-10-12-5-7-13(8-6-12)14(21)20(3)4/h5-8,11H,9-10H2,1-4H3,(H,17,18). The minimum Gasteiger partial charge on any atom is -0.360 e. The van der Waals surface area contributed by atoms with E-state index in [0.717, 1.165) is 27.3 Å². The van der Waals surface area contributed by atoms with E-state index >= 15 is 0 Å². The van der Waals surface area contributed by atoms with Gasteiger partial charge >= 0.3 is 0 Å². The van der Waals surface area contributed by atoms with Crippen LogP contribution in [-0.4, -0.2) is 41.6 Å². The first-order valence-corrected chi connectivity index (χ1v) is 9.26. The highest BCUT2D eigenvalue weighted by Crippen LogP contribution is 2.28. The van der Waals surface area contributed by atoms with Crippen LogP contribution in [0.4, 0.5) is 5.13 Å². The molecule has 0 saturated carbocycles. The van der Waals surface area contributed by atoms with Crippen molar-refractivity contribution in [1.82, 2.24) is 15.1 Å². The molecule has 1 N–H and O–H groups in total. The Bertz CT molecular complexity index is 638. The minimum absolute atomic E-state index is 0.0224. The van der Waals surface area contributed by atoms with Crippen molar-refractivity contribution in [1.29, 1.82) is 0 Å². The van der Waals surface area contributed by atoms with E-state index in [1.807, 2.05) is 24.3 Å². The van der Waals surface area contributed by atoms with Gasteiger partial charge in [-0.05, 0) is 23.6 Å². The topological polar surface area (TPSA) is 58.1 Å². The molecular weight excluding hydrogens is 328 g/mol. The van der Waals surface area contributed by atoms with Gasteiger partial charge in [0.1, 0.15) is 0 Å². The van der Waals surface area contributed by atoms with Crippen LogP contribution in [0.2, 0.25) is 0 Å². The molecule has 23 heavy (non-hydrogen) atoms. The SMILES string of the molecule is CC(C)CNc1nnc(SCc2ccc(C(=O)N(C)C)cc2)s1. The summed E-state index contributed by atoms with van der Waals surface area (Å²) in [5.74, 6) is 1.42. The average Bonchev–Trinajstić information content (AvgIpc) is 2.98. The molecule has 1 aromatic heterocycles. The fraction of sp³-hybridized carbons (Fsp3) is 0.438. The summed E-state index contributed by atoms with van der Waals surface area (Å²) in [6.07, 6.45) is 0. The molecule has 0 unspecified atom stereocenters. The van der Waals surface area contributed by atoms with Gasteiger partial charge in [-0.15, -0.1) is 10.2 Å². The van der Waals surface area contributed by atoms with Gasteiger partial charge in [0.2, 0.25) is 5.13 Å². The van der Waals surface area contributed by atoms with Gasteiger partial charge < -0.3 is 10.2 Å². The van der Waals surface area contributed by atoms with Crippen molar-refractivity contribution in [3.8, 4) is 0 Å². The Balaban J connectivity index is 1.87. The second-order valence-corrected chi connectivity index (χ2v) is 8.03. The summed E-state index contributed by atoms with van der Waals surface area (Å²) in [6.45, 7) is 5.23. The Kier molecular flexibility index (Phi) is 6.41. The smallest absolute Gasteiger partial charge is 0.253 e. The molecule has 124 valence electrons. The number of nitrogens with zero attached hydrogens (tertiary/aromatic N) is 3. The molecule has 1 amide bonds. The van der Waals surface area contributed by atoms with E-state index in [0.29, 0.717) is 11.5 Å². The Hall–Kier alpha value is -1.60. The molecule has 0 atom stereocenters. The lowest BCUT2D eigenvalue weighted by Gasteiger charge is -2.10. The molecule has 7 heteroatoms. The zero-order valence-corrected chi connectivity index (χ0v) is 15.5. The predicted molar refractivity (Wildman–Crippen MR) is 97.3 cm³/mol. The number of thioether (sulfide) groups is 1. The molecule has 0 spiro atoms. The number of amides is 1. The predicted octanol–water partition coefficient (Wildman–Crippen LogP) is 3.60. The second kappa shape index (κ2) is 8.31. The Morgan fingerprint density at radius 1 is 1.26 bits per heavy atom. The fourth-order valence-corrected chi connectivity index (χ4v) is 3.49. The van der Waals surface area contributed by atoms with Gasteiger partial charge in [0, 0.05) is 32.0 Å². The van der Waals surface area contributed by atoms with Crippen LogP contribution in [0.25, 0.3) is 0 Å². The van der Waals surface area contributed by atoms with Crippen LogP contribution in [-0.2, 0) is 5.75 Å². The van der Waals surface area contributed by atoms with Gasteiger partial charge in [-0.2, -0.15) is 0 Å². The van der Waals surface area contributed by atoms with Crippen molar-refractivity contribution in [2.75, 3.05) is 26.0 Å². The molecule has 1 heterocycles. The third kappa shape index (κ3) is 5.51. The molecule has 2 rings (SSSR count). The van der Waals surface area contributed by atoms with Crippen LogP contribution in [0.1, 0.15) is 29.8 Å². The summed E-state index contributed by atoms with van der Waals surface area (Å²) in [7, 11) is 3.51. The molecule has 5 nitrogen and oxygen atoms in total. The first kappa shape index (κ1) is 17.7. The van der Waals surface area contributed by atoms with Crippen molar-refractivity contribution in [2.45, 2.75) is 23.9 Å². The minimum atomic E-state index is 0.0224. The van der Waals surface area contributed by atoms with E-state index in [9.17, 15) is 4.79 Å². The second-order valence-electron chi connectivity index (χ2n) is 5.83. The van der Waals surface area contributed by atoms with Crippen LogP contribution in [0.3, 0.4) is 0 Å². The molecule has 0 aliphatic rings. The van der Waals surface area contributed by atoms with E-state index < -0.39 is 0 Å². The summed E-state index contributed by atoms with van der Waals surface area (Å²) < 4.78 is 0.949. The zero-order valence-electron chi connectivity index (χ0n) is 13.9. The van der Waals surface area contributed by atoms with Gasteiger partial charge in [-0.1, -0.05) is 49.1 Å². The van der Waals surface area contributed by atoms with Crippen LogP contribution in [0, 0.1) is 5.92 Å². The van der Waals surface area contributed by atoms with Crippen molar-refractivity contribution in [3.63, 3.8) is 0 Å². The van der Waals surface area contributed by atoms with Crippen LogP contribution < -0.4 is 5.32 Å². The first-order valence-electron chi connectivity index (χ1n) is 7.46. The lowest BCUT2D eigenvalue weighted by atomic mass is 10.1. The van der Waals surface area contributed by atoms with Crippen molar-refractivity contribution >= 4 is 34.1 Å². The summed E-state index contributed by atoms with van der Waals surface area (Å²) in [4.78, 5) is 13.4. The Morgan fingerprint density at radius 2 is 1.96 bits per heavy atom. The molecular formula is C16H22N4OS2. The zero-order chi connectivity index (χ0) is 16.8. The summed E-state index contributed by atoms with van der Waals surface area (Å²) in [5, 5.41) is 12.5. The number of nitrogens with one attached hydrogen (secondary N) is 1. The van der Waals surface area contributed by atoms with E-state index in [2.05, 4.69) is 29.4 Å². The number of rotatable bonds is 7. The molecule has 0 aliphatic heterocycles. The molecule has 1 aromatic carbocycles. The number of hydrogen-bond acceptors (Lipinski definition) is 6. The molecule has 2 aromatic rings. The largest absolute Gasteiger partial charge is 0.360 e. The summed E-state index contributed by atoms with van der Waals surface area (Å²) >= 11 is 3.23. The van der Waals surface area contributed by atoms with E-state index in [-0.39, 0.29) is 5.91 Å². The molecule has 0 saturated heterocycles. The summed E-state index contributed by atoms with van der Waals surface area (Å²) in [5.41, 5.74) is 1.87. The number of anilines is 1. The molecule has 0 radical (unpaired) electrons. The maximum atomic E-state index is 11.8. The molecule has 0 fully saturated rings. The number of benzene rings is 1. The third-order valence-corrected chi connectivity index (χ3v) is 5.12. The lowest BCUT2D eigenvalue weighted by molar-refractivity contribution is 0.0827. The van der Waals surface area contributed by atoms with Gasteiger partial charge in [-0.3, -0.25) is 4.79 Å². The van der Waals surface area contributed by atoms with Gasteiger partial charge in [0.05, 0.1) is 0 Å². The number of aromatic nitrogens is 2. The van der Waals surface area contributed by atoms with Crippen LogP contribution in [0.5, 0.6) is 0 Å². The van der Waals surface area contributed by atoms with E-state index in [1.165, 1.54) is 0 Å².